The van der Waals surface area contributed by atoms with E-state index in [0.717, 1.165) is 24.0 Å². The number of aromatic nitrogens is 4. The van der Waals surface area contributed by atoms with Gasteiger partial charge in [-0.15, -0.1) is 10.2 Å². The van der Waals surface area contributed by atoms with Crippen molar-refractivity contribution >= 4 is 0 Å². The number of piperidine rings is 1. The van der Waals surface area contributed by atoms with E-state index < -0.39 is 0 Å². The standard InChI is InChI=1S/C20H21N5O2/c26-19-7-12(13-10-21-22-11-13)1-4-17(19)18-5-6-20(25-24-18)27-16-8-14-2-3-15(9-16)23-14/h1,4-7,10-11,14-16,23,26H,2-3,8-9H2,(H,21,22)/t14-,15+,16?. The van der Waals surface area contributed by atoms with Crippen molar-refractivity contribution in [2.24, 2.45) is 0 Å². The van der Waals surface area contributed by atoms with E-state index in [0.29, 0.717) is 29.2 Å². The van der Waals surface area contributed by atoms with E-state index in [1.807, 2.05) is 24.3 Å². The molecule has 2 aliphatic rings. The summed E-state index contributed by atoms with van der Waals surface area (Å²) in [6.45, 7) is 0. The van der Waals surface area contributed by atoms with Crippen LogP contribution >= 0.6 is 0 Å². The van der Waals surface area contributed by atoms with Crippen molar-refractivity contribution in [3.63, 3.8) is 0 Å². The molecule has 7 nitrogen and oxygen atoms in total. The molecule has 5 rings (SSSR count). The molecular formula is C20H21N5O2. The number of aromatic hydroxyl groups is 1. The predicted molar refractivity (Wildman–Crippen MR) is 100 cm³/mol. The smallest absolute Gasteiger partial charge is 0.233 e. The van der Waals surface area contributed by atoms with Crippen LogP contribution in [0.25, 0.3) is 22.4 Å². The maximum Gasteiger partial charge on any atom is 0.233 e. The fourth-order valence-corrected chi connectivity index (χ4v) is 4.14. The van der Waals surface area contributed by atoms with Gasteiger partial charge in [0.05, 0.1) is 11.9 Å². The molecule has 0 aliphatic carbocycles. The minimum absolute atomic E-state index is 0.159. The number of nitrogens with one attached hydrogen (secondary N) is 2. The molecule has 0 radical (unpaired) electrons. The highest BCUT2D eigenvalue weighted by Gasteiger charge is 2.34. The third kappa shape index (κ3) is 3.26. The van der Waals surface area contributed by atoms with Crippen molar-refractivity contribution in [1.29, 1.82) is 0 Å². The van der Waals surface area contributed by atoms with Gasteiger partial charge >= 0.3 is 0 Å². The van der Waals surface area contributed by atoms with E-state index in [2.05, 4.69) is 25.7 Å². The van der Waals surface area contributed by atoms with E-state index in [4.69, 9.17) is 4.74 Å². The first-order valence-corrected chi connectivity index (χ1v) is 9.33. The Balaban J connectivity index is 1.31. The van der Waals surface area contributed by atoms with Crippen LogP contribution in [0.1, 0.15) is 25.7 Å². The summed E-state index contributed by atoms with van der Waals surface area (Å²) < 4.78 is 6.04. The van der Waals surface area contributed by atoms with Gasteiger partial charge in [-0.25, -0.2) is 0 Å². The Morgan fingerprint density at radius 3 is 2.52 bits per heavy atom. The third-order valence-electron chi connectivity index (χ3n) is 5.46. The van der Waals surface area contributed by atoms with E-state index in [9.17, 15) is 5.11 Å². The van der Waals surface area contributed by atoms with E-state index in [1.165, 1.54) is 12.8 Å². The van der Waals surface area contributed by atoms with Gasteiger partial charge in [0.15, 0.2) is 0 Å². The first kappa shape index (κ1) is 16.3. The minimum atomic E-state index is 0.159. The molecule has 3 N–H and O–H groups in total. The Hall–Kier alpha value is -2.93. The molecule has 2 aliphatic heterocycles. The molecule has 3 aromatic rings. The van der Waals surface area contributed by atoms with Crippen LogP contribution in [0, 0.1) is 0 Å². The molecular weight excluding hydrogens is 342 g/mol. The van der Waals surface area contributed by atoms with Gasteiger partial charge in [-0.1, -0.05) is 6.07 Å². The maximum atomic E-state index is 10.4. The van der Waals surface area contributed by atoms with Crippen LogP contribution in [-0.2, 0) is 0 Å². The van der Waals surface area contributed by atoms with Gasteiger partial charge in [-0.05, 0) is 49.4 Å². The lowest BCUT2D eigenvalue weighted by Crippen LogP contribution is -2.42. The highest BCUT2D eigenvalue weighted by atomic mass is 16.5. The normalized spacial score (nSPS) is 24.1. The molecule has 27 heavy (non-hydrogen) atoms. The highest BCUT2D eigenvalue weighted by Crippen LogP contribution is 2.33. The van der Waals surface area contributed by atoms with Crippen LogP contribution < -0.4 is 10.1 Å². The third-order valence-corrected chi connectivity index (χ3v) is 5.46. The van der Waals surface area contributed by atoms with Gasteiger partial charge in [-0.2, -0.15) is 5.10 Å². The first-order chi connectivity index (χ1) is 13.2. The summed E-state index contributed by atoms with van der Waals surface area (Å²) >= 11 is 0. The van der Waals surface area contributed by atoms with Gasteiger partial charge in [0, 0.05) is 35.5 Å². The van der Waals surface area contributed by atoms with Crippen molar-refractivity contribution in [2.45, 2.75) is 43.9 Å². The summed E-state index contributed by atoms with van der Waals surface area (Å²) in [6.07, 6.45) is 8.23. The minimum Gasteiger partial charge on any atom is -0.507 e. The number of nitrogens with zero attached hydrogens (tertiary/aromatic N) is 3. The fourth-order valence-electron chi connectivity index (χ4n) is 4.14. The largest absolute Gasteiger partial charge is 0.507 e. The summed E-state index contributed by atoms with van der Waals surface area (Å²) in [5.74, 6) is 0.700. The molecule has 138 valence electrons. The van der Waals surface area contributed by atoms with Gasteiger partial charge in [-0.3, -0.25) is 5.10 Å². The Kier molecular flexibility index (Phi) is 4.01. The Labute approximate surface area is 156 Å². The lowest BCUT2D eigenvalue weighted by Gasteiger charge is -2.28. The summed E-state index contributed by atoms with van der Waals surface area (Å²) in [6, 6.07) is 10.3. The van der Waals surface area contributed by atoms with Crippen molar-refractivity contribution < 1.29 is 9.84 Å². The average Bonchev–Trinajstić information content (AvgIpc) is 3.32. The molecule has 0 spiro atoms. The fraction of sp³-hybridized carbons (Fsp3) is 0.350. The number of hydrogen-bond donors (Lipinski definition) is 3. The lowest BCUT2D eigenvalue weighted by atomic mass is 10.0. The lowest BCUT2D eigenvalue weighted by molar-refractivity contribution is 0.130. The van der Waals surface area contributed by atoms with Crippen LogP contribution in [0.4, 0.5) is 0 Å². The maximum absolute atomic E-state index is 10.4. The van der Waals surface area contributed by atoms with Crippen LogP contribution in [0.5, 0.6) is 11.6 Å². The topological polar surface area (TPSA) is 96.0 Å². The van der Waals surface area contributed by atoms with Gasteiger partial charge < -0.3 is 15.2 Å². The zero-order valence-electron chi connectivity index (χ0n) is 14.8. The molecule has 4 heterocycles. The molecule has 2 bridgehead atoms. The van der Waals surface area contributed by atoms with Crippen LogP contribution in [-0.4, -0.2) is 43.7 Å². The number of benzene rings is 1. The highest BCUT2D eigenvalue weighted by molar-refractivity contribution is 5.73. The number of aromatic amines is 1. The Morgan fingerprint density at radius 2 is 1.85 bits per heavy atom. The predicted octanol–water partition coefficient (Wildman–Crippen LogP) is 2.90. The zero-order chi connectivity index (χ0) is 18.2. The van der Waals surface area contributed by atoms with Gasteiger partial charge in [0.25, 0.3) is 0 Å². The number of rotatable bonds is 4. The molecule has 3 atom stereocenters. The molecule has 1 unspecified atom stereocenters. The molecule has 2 aromatic heterocycles. The zero-order valence-corrected chi connectivity index (χ0v) is 14.8. The SMILES string of the molecule is Oc1cc(-c2cn[nH]c2)ccc1-c1ccc(OC2C[C@H]3CC[C@@H](C2)N3)nn1. The second-order valence-electron chi connectivity index (χ2n) is 7.32. The second-order valence-corrected chi connectivity index (χ2v) is 7.32. The molecule has 0 amide bonds. The monoisotopic (exact) mass is 363 g/mol. The molecule has 2 fully saturated rings. The quantitative estimate of drug-likeness (QED) is 0.660. The Bertz CT molecular complexity index is 914. The van der Waals surface area contributed by atoms with E-state index >= 15 is 0 Å². The number of fused-ring (bicyclic) bond motifs is 2. The van der Waals surface area contributed by atoms with Crippen molar-refractivity contribution in [2.75, 3.05) is 0 Å². The molecule has 0 saturated carbocycles. The first-order valence-electron chi connectivity index (χ1n) is 9.33. The summed E-state index contributed by atoms with van der Waals surface area (Å²) in [7, 11) is 0. The summed E-state index contributed by atoms with van der Waals surface area (Å²) in [4.78, 5) is 0. The molecule has 1 aromatic carbocycles. The summed E-state index contributed by atoms with van der Waals surface area (Å²) in [5, 5.41) is 29.2. The number of phenols is 1. The van der Waals surface area contributed by atoms with Crippen molar-refractivity contribution in [3.8, 4) is 34.0 Å². The number of ether oxygens (including phenoxy) is 1. The molecule has 7 heteroatoms. The Morgan fingerprint density at radius 1 is 1.00 bits per heavy atom. The van der Waals surface area contributed by atoms with Gasteiger partial charge in [0.2, 0.25) is 5.88 Å². The van der Waals surface area contributed by atoms with Crippen molar-refractivity contribution in [3.05, 3.63) is 42.7 Å². The van der Waals surface area contributed by atoms with E-state index in [-0.39, 0.29) is 11.9 Å². The second kappa shape index (κ2) is 6.66. The number of H-pyrrole nitrogens is 1. The number of phenolic OH excluding ortho intramolecular Hbond substituents is 1. The van der Waals surface area contributed by atoms with Crippen LogP contribution in [0.15, 0.2) is 42.7 Å². The van der Waals surface area contributed by atoms with Gasteiger partial charge in [0.1, 0.15) is 11.9 Å². The van der Waals surface area contributed by atoms with Crippen LogP contribution in [0.2, 0.25) is 0 Å². The average molecular weight is 363 g/mol. The van der Waals surface area contributed by atoms with Crippen molar-refractivity contribution in [1.82, 2.24) is 25.7 Å². The van der Waals surface area contributed by atoms with E-state index in [1.54, 1.807) is 18.5 Å². The summed E-state index contributed by atoms with van der Waals surface area (Å²) in [5.41, 5.74) is 3.06. The van der Waals surface area contributed by atoms with Crippen LogP contribution in [0.3, 0.4) is 0 Å². The number of hydrogen-bond acceptors (Lipinski definition) is 6. The molecule has 2 saturated heterocycles.